The Morgan fingerprint density at radius 2 is 1.90 bits per heavy atom. The quantitative estimate of drug-likeness (QED) is 0.902. The third-order valence-electron chi connectivity index (χ3n) is 2.45. The number of benzene rings is 1. The molecule has 112 valence electrons. The van der Waals surface area contributed by atoms with E-state index in [2.05, 4.69) is 5.32 Å². The van der Waals surface area contributed by atoms with Gasteiger partial charge in [-0.1, -0.05) is 0 Å². The fourth-order valence-corrected chi connectivity index (χ4v) is 1.61. The number of rotatable bonds is 3. The van der Waals surface area contributed by atoms with Gasteiger partial charge in [-0.3, -0.25) is 5.32 Å². The molecule has 0 spiro atoms. The summed E-state index contributed by atoms with van der Waals surface area (Å²) in [4.78, 5) is 11.7. The predicted octanol–water partition coefficient (Wildman–Crippen LogP) is 4.29. The van der Waals surface area contributed by atoms with Crippen molar-refractivity contribution in [2.45, 2.75) is 39.7 Å². The van der Waals surface area contributed by atoms with Gasteiger partial charge in [0.15, 0.2) is 0 Å². The Bertz CT molecular complexity index is 496. The van der Waals surface area contributed by atoms with Crippen LogP contribution in [0.25, 0.3) is 0 Å². The summed E-state index contributed by atoms with van der Waals surface area (Å²) in [5.74, 6) is 0.0247. The molecular weight excluding hydrogens is 268 g/mol. The minimum absolute atomic E-state index is 0.0247. The van der Waals surface area contributed by atoms with Crippen LogP contribution in [0.5, 0.6) is 5.75 Å². The standard InChI is InChI=1S/C14H19F2NO3/c1-8-6-9(12(15)16)11(19-5)7-10(8)17-13(18)20-14(2,3)4/h6-7,12H,1-5H3,(H,17,18). The summed E-state index contributed by atoms with van der Waals surface area (Å²) in [7, 11) is 1.30. The van der Waals surface area contributed by atoms with Gasteiger partial charge in [-0.2, -0.15) is 0 Å². The summed E-state index contributed by atoms with van der Waals surface area (Å²) in [6, 6.07) is 2.65. The van der Waals surface area contributed by atoms with Crippen LogP contribution in [0, 0.1) is 6.92 Å². The fourth-order valence-electron chi connectivity index (χ4n) is 1.61. The van der Waals surface area contributed by atoms with Crippen molar-refractivity contribution in [3.63, 3.8) is 0 Å². The molecule has 0 saturated carbocycles. The Morgan fingerprint density at radius 1 is 1.30 bits per heavy atom. The number of aryl methyl sites for hydroxylation is 1. The molecule has 0 aromatic heterocycles. The van der Waals surface area contributed by atoms with E-state index in [0.717, 1.165) is 0 Å². The van der Waals surface area contributed by atoms with E-state index in [4.69, 9.17) is 9.47 Å². The molecule has 0 bridgehead atoms. The molecule has 0 heterocycles. The van der Waals surface area contributed by atoms with Gasteiger partial charge in [0.25, 0.3) is 6.43 Å². The smallest absolute Gasteiger partial charge is 0.412 e. The van der Waals surface area contributed by atoms with E-state index < -0.39 is 18.1 Å². The van der Waals surface area contributed by atoms with E-state index >= 15 is 0 Å². The van der Waals surface area contributed by atoms with Gasteiger partial charge in [0.1, 0.15) is 11.4 Å². The Morgan fingerprint density at radius 3 is 2.35 bits per heavy atom. The normalized spacial score (nSPS) is 11.4. The van der Waals surface area contributed by atoms with Gasteiger partial charge in [-0.15, -0.1) is 0 Å². The molecule has 20 heavy (non-hydrogen) atoms. The number of halogens is 2. The molecule has 0 unspecified atom stereocenters. The zero-order chi connectivity index (χ0) is 15.5. The molecule has 0 atom stereocenters. The lowest BCUT2D eigenvalue weighted by Crippen LogP contribution is -2.27. The number of ether oxygens (including phenoxy) is 2. The van der Waals surface area contributed by atoms with Crippen LogP contribution in [0.2, 0.25) is 0 Å². The number of carbonyl (C=O) groups excluding carboxylic acids is 1. The number of methoxy groups -OCH3 is 1. The Kier molecular flexibility index (Phi) is 4.92. The molecule has 0 fully saturated rings. The molecule has 0 aliphatic heterocycles. The first-order valence-corrected chi connectivity index (χ1v) is 6.10. The highest BCUT2D eigenvalue weighted by Crippen LogP contribution is 2.33. The maximum atomic E-state index is 12.8. The van der Waals surface area contributed by atoms with Gasteiger partial charge in [0.05, 0.1) is 18.4 Å². The predicted molar refractivity (Wildman–Crippen MR) is 72.5 cm³/mol. The average Bonchev–Trinajstić information content (AvgIpc) is 2.28. The average molecular weight is 287 g/mol. The minimum atomic E-state index is -2.64. The SMILES string of the molecule is COc1cc(NC(=O)OC(C)(C)C)c(C)cc1C(F)F. The molecule has 6 heteroatoms. The Labute approximate surface area is 117 Å². The summed E-state index contributed by atoms with van der Waals surface area (Å²) in [6.45, 7) is 6.83. The first-order valence-electron chi connectivity index (χ1n) is 6.10. The van der Waals surface area contributed by atoms with Crippen LogP contribution in [0.4, 0.5) is 19.3 Å². The second-order valence-corrected chi connectivity index (χ2v) is 5.34. The number of anilines is 1. The lowest BCUT2D eigenvalue weighted by Gasteiger charge is -2.20. The van der Waals surface area contributed by atoms with E-state index in [1.165, 1.54) is 19.2 Å². The first kappa shape index (κ1) is 16.2. The summed E-state index contributed by atoms with van der Waals surface area (Å²) < 4.78 is 35.7. The van der Waals surface area contributed by atoms with Crippen molar-refractivity contribution >= 4 is 11.8 Å². The number of amides is 1. The van der Waals surface area contributed by atoms with Crippen LogP contribution in [0.1, 0.15) is 38.3 Å². The molecule has 1 N–H and O–H groups in total. The van der Waals surface area contributed by atoms with Gasteiger partial charge >= 0.3 is 6.09 Å². The van der Waals surface area contributed by atoms with Crippen LogP contribution in [-0.4, -0.2) is 18.8 Å². The van der Waals surface area contributed by atoms with Crippen LogP contribution in [0.15, 0.2) is 12.1 Å². The number of carbonyl (C=O) groups is 1. The van der Waals surface area contributed by atoms with Gasteiger partial charge in [-0.25, -0.2) is 13.6 Å². The maximum absolute atomic E-state index is 12.8. The third-order valence-corrected chi connectivity index (χ3v) is 2.45. The number of nitrogens with one attached hydrogen (secondary N) is 1. The Balaban J connectivity index is 2.99. The highest BCUT2D eigenvalue weighted by atomic mass is 19.3. The van der Waals surface area contributed by atoms with Crippen LogP contribution in [0.3, 0.4) is 0 Å². The zero-order valence-corrected chi connectivity index (χ0v) is 12.2. The van der Waals surface area contributed by atoms with E-state index in [1.54, 1.807) is 27.7 Å². The van der Waals surface area contributed by atoms with Crippen molar-refractivity contribution in [2.24, 2.45) is 0 Å². The van der Waals surface area contributed by atoms with Crippen molar-refractivity contribution in [2.75, 3.05) is 12.4 Å². The van der Waals surface area contributed by atoms with E-state index in [9.17, 15) is 13.6 Å². The van der Waals surface area contributed by atoms with Crippen LogP contribution < -0.4 is 10.1 Å². The van der Waals surface area contributed by atoms with Crippen molar-refractivity contribution in [1.82, 2.24) is 0 Å². The molecule has 1 rings (SSSR count). The zero-order valence-electron chi connectivity index (χ0n) is 12.2. The summed E-state index contributed by atoms with van der Waals surface area (Å²) >= 11 is 0. The highest BCUT2D eigenvalue weighted by Gasteiger charge is 2.20. The largest absolute Gasteiger partial charge is 0.496 e. The molecule has 4 nitrogen and oxygen atoms in total. The molecule has 0 radical (unpaired) electrons. The third kappa shape index (κ3) is 4.36. The monoisotopic (exact) mass is 287 g/mol. The first-order chi connectivity index (χ1) is 9.14. The molecule has 0 aliphatic carbocycles. The second kappa shape index (κ2) is 6.07. The van der Waals surface area contributed by atoms with Crippen LogP contribution in [-0.2, 0) is 4.74 Å². The second-order valence-electron chi connectivity index (χ2n) is 5.34. The fraction of sp³-hybridized carbons (Fsp3) is 0.500. The number of hydrogen-bond donors (Lipinski definition) is 1. The van der Waals surface area contributed by atoms with Gasteiger partial charge in [0, 0.05) is 6.07 Å². The number of hydrogen-bond acceptors (Lipinski definition) is 3. The van der Waals surface area contributed by atoms with E-state index in [0.29, 0.717) is 11.3 Å². The Hall–Kier alpha value is -1.85. The lowest BCUT2D eigenvalue weighted by atomic mass is 10.1. The van der Waals surface area contributed by atoms with E-state index in [1.807, 2.05) is 0 Å². The maximum Gasteiger partial charge on any atom is 0.412 e. The molecular formula is C14H19F2NO3. The van der Waals surface area contributed by atoms with Crippen LogP contribution >= 0.6 is 0 Å². The summed E-state index contributed by atoms with van der Waals surface area (Å²) in [6.07, 6.45) is -3.29. The summed E-state index contributed by atoms with van der Waals surface area (Å²) in [5.41, 5.74) is 0.0394. The number of alkyl halides is 2. The van der Waals surface area contributed by atoms with Crippen molar-refractivity contribution < 1.29 is 23.0 Å². The van der Waals surface area contributed by atoms with Crippen molar-refractivity contribution in [3.05, 3.63) is 23.3 Å². The molecule has 1 aromatic carbocycles. The highest BCUT2D eigenvalue weighted by molar-refractivity contribution is 5.86. The molecule has 0 saturated heterocycles. The van der Waals surface area contributed by atoms with Gasteiger partial charge < -0.3 is 9.47 Å². The molecule has 1 aromatic rings. The minimum Gasteiger partial charge on any atom is -0.496 e. The van der Waals surface area contributed by atoms with Gasteiger partial charge in [-0.05, 0) is 39.3 Å². The topological polar surface area (TPSA) is 47.6 Å². The van der Waals surface area contributed by atoms with E-state index in [-0.39, 0.29) is 11.3 Å². The van der Waals surface area contributed by atoms with Crippen molar-refractivity contribution in [1.29, 1.82) is 0 Å². The van der Waals surface area contributed by atoms with Crippen molar-refractivity contribution in [3.8, 4) is 5.75 Å². The molecule has 0 aliphatic rings. The van der Waals surface area contributed by atoms with Gasteiger partial charge in [0.2, 0.25) is 0 Å². The lowest BCUT2D eigenvalue weighted by molar-refractivity contribution is 0.0636. The molecule has 1 amide bonds. The summed E-state index contributed by atoms with van der Waals surface area (Å²) in [5, 5.41) is 2.52.